The van der Waals surface area contributed by atoms with E-state index >= 15 is 0 Å². The van der Waals surface area contributed by atoms with Crippen molar-refractivity contribution in [2.24, 2.45) is 0 Å². The minimum absolute atomic E-state index is 0.0606. The Hall–Kier alpha value is -1.58. The lowest BCUT2D eigenvalue weighted by Gasteiger charge is -2.28. The van der Waals surface area contributed by atoms with E-state index in [-0.39, 0.29) is 12.1 Å². The minimum atomic E-state index is -0.0606. The van der Waals surface area contributed by atoms with E-state index < -0.39 is 0 Å². The van der Waals surface area contributed by atoms with Gasteiger partial charge in [-0.25, -0.2) is 0 Å². The Kier molecular flexibility index (Phi) is 4.13. The number of aliphatic hydroxyl groups is 1. The van der Waals surface area contributed by atoms with Gasteiger partial charge in [-0.3, -0.25) is 0 Å². The summed E-state index contributed by atoms with van der Waals surface area (Å²) in [5.41, 5.74) is 1.20. The number of ether oxygens (including phenoxy) is 1. The third kappa shape index (κ3) is 3.04. The van der Waals surface area contributed by atoms with Crippen LogP contribution in [-0.2, 0) is 6.54 Å². The first kappa shape index (κ1) is 14.4. The highest BCUT2D eigenvalue weighted by molar-refractivity contribution is 5.84. The Morgan fingerprint density at radius 3 is 2.52 bits per heavy atom. The molecule has 0 radical (unpaired) electrons. The number of nitrogens with one attached hydrogen (secondary N) is 1. The van der Waals surface area contributed by atoms with E-state index in [4.69, 9.17) is 4.74 Å². The molecule has 2 aromatic rings. The molecule has 0 saturated heterocycles. The molecule has 0 atom stereocenters. The summed E-state index contributed by atoms with van der Waals surface area (Å²) in [7, 11) is 1.69. The average Bonchev–Trinajstić information content (AvgIpc) is 3.02. The zero-order valence-corrected chi connectivity index (χ0v) is 12.6. The maximum absolute atomic E-state index is 9.65. The molecule has 112 valence electrons. The second-order valence-corrected chi connectivity index (χ2v) is 6.05. The molecule has 0 bridgehead atoms. The summed E-state index contributed by atoms with van der Waals surface area (Å²) in [6.07, 6.45) is 4.58. The Morgan fingerprint density at radius 1 is 1.10 bits per heavy atom. The first-order valence-electron chi connectivity index (χ1n) is 7.67. The number of benzene rings is 2. The van der Waals surface area contributed by atoms with Crippen molar-refractivity contribution in [1.29, 1.82) is 0 Å². The van der Waals surface area contributed by atoms with Crippen LogP contribution >= 0.6 is 0 Å². The summed E-state index contributed by atoms with van der Waals surface area (Å²) >= 11 is 0. The maximum Gasteiger partial charge on any atom is 0.119 e. The van der Waals surface area contributed by atoms with Gasteiger partial charge >= 0.3 is 0 Å². The van der Waals surface area contributed by atoms with Gasteiger partial charge in [0.25, 0.3) is 0 Å². The van der Waals surface area contributed by atoms with Gasteiger partial charge in [-0.1, -0.05) is 31.0 Å². The van der Waals surface area contributed by atoms with Crippen molar-refractivity contribution < 1.29 is 9.84 Å². The van der Waals surface area contributed by atoms with Crippen LogP contribution in [0.25, 0.3) is 10.8 Å². The van der Waals surface area contributed by atoms with Crippen LogP contribution in [0.5, 0.6) is 5.75 Å². The fraction of sp³-hybridized carbons (Fsp3) is 0.444. The number of methoxy groups -OCH3 is 1. The lowest BCUT2D eigenvalue weighted by molar-refractivity contribution is 0.163. The lowest BCUT2D eigenvalue weighted by Crippen LogP contribution is -2.45. The maximum atomic E-state index is 9.65. The molecule has 1 aliphatic carbocycles. The molecule has 0 amide bonds. The van der Waals surface area contributed by atoms with Crippen LogP contribution in [0, 0.1) is 0 Å². The first-order valence-corrected chi connectivity index (χ1v) is 7.67. The van der Waals surface area contributed by atoms with Crippen molar-refractivity contribution in [3.05, 3.63) is 42.0 Å². The van der Waals surface area contributed by atoms with Gasteiger partial charge in [0, 0.05) is 12.1 Å². The van der Waals surface area contributed by atoms with Crippen molar-refractivity contribution in [3.63, 3.8) is 0 Å². The number of hydrogen-bond donors (Lipinski definition) is 2. The SMILES string of the molecule is COc1ccc2cc(CNC3(CO)CCCC3)ccc2c1. The Balaban J connectivity index is 1.75. The predicted octanol–water partition coefficient (Wildman–Crippen LogP) is 3.24. The molecular formula is C18H23NO2. The molecule has 0 aliphatic heterocycles. The van der Waals surface area contributed by atoms with Crippen molar-refractivity contribution >= 4 is 10.8 Å². The van der Waals surface area contributed by atoms with Gasteiger partial charge in [-0.15, -0.1) is 0 Å². The molecule has 21 heavy (non-hydrogen) atoms. The summed E-state index contributed by atoms with van der Waals surface area (Å²) < 4.78 is 5.26. The molecule has 0 aromatic heterocycles. The van der Waals surface area contributed by atoms with Crippen LogP contribution in [0.15, 0.2) is 36.4 Å². The molecule has 1 saturated carbocycles. The van der Waals surface area contributed by atoms with Crippen LogP contribution in [0.1, 0.15) is 31.2 Å². The summed E-state index contributed by atoms with van der Waals surface area (Å²) in [5, 5.41) is 15.6. The van der Waals surface area contributed by atoms with Gasteiger partial charge in [0.05, 0.1) is 13.7 Å². The van der Waals surface area contributed by atoms with Gasteiger partial charge in [0.15, 0.2) is 0 Å². The van der Waals surface area contributed by atoms with Gasteiger partial charge in [-0.2, -0.15) is 0 Å². The van der Waals surface area contributed by atoms with Crippen LogP contribution < -0.4 is 10.1 Å². The Labute approximate surface area is 125 Å². The zero-order valence-electron chi connectivity index (χ0n) is 12.6. The summed E-state index contributed by atoms with van der Waals surface area (Å²) in [5.74, 6) is 0.888. The molecule has 1 fully saturated rings. The number of fused-ring (bicyclic) bond motifs is 1. The van der Waals surface area contributed by atoms with Crippen molar-refractivity contribution in [3.8, 4) is 5.75 Å². The molecule has 2 aromatic carbocycles. The van der Waals surface area contributed by atoms with E-state index in [0.29, 0.717) is 0 Å². The highest BCUT2D eigenvalue weighted by atomic mass is 16.5. The second kappa shape index (κ2) is 6.04. The molecule has 0 heterocycles. The standard InChI is InChI=1S/C18H23NO2/c1-21-17-7-6-15-10-14(4-5-16(15)11-17)12-19-18(13-20)8-2-3-9-18/h4-7,10-11,19-20H,2-3,8-9,12-13H2,1H3. The van der Waals surface area contributed by atoms with E-state index in [9.17, 15) is 5.11 Å². The number of rotatable bonds is 5. The highest BCUT2D eigenvalue weighted by Crippen LogP contribution is 2.29. The van der Waals surface area contributed by atoms with E-state index in [1.165, 1.54) is 29.2 Å². The van der Waals surface area contributed by atoms with Crippen LogP contribution in [-0.4, -0.2) is 24.4 Å². The molecule has 0 spiro atoms. The van der Waals surface area contributed by atoms with Gasteiger partial charge in [-0.05, 0) is 47.4 Å². The van der Waals surface area contributed by atoms with Crippen LogP contribution in [0.4, 0.5) is 0 Å². The molecule has 3 heteroatoms. The first-order chi connectivity index (χ1) is 10.2. The monoisotopic (exact) mass is 285 g/mol. The van der Waals surface area contributed by atoms with Gasteiger partial charge in [0.2, 0.25) is 0 Å². The smallest absolute Gasteiger partial charge is 0.119 e. The lowest BCUT2D eigenvalue weighted by atomic mass is 9.98. The quantitative estimate of drug-likeness (QED) is 0.886. The molecule has 2 N–H and O–H groups in total. The van der Waals surface area contributed by atoms with E-state index in [2.05, 4.69) is 35.6 Å². The summed E-state index contributed by atoms with van der Waals surface area (Å²) in [6.45, 7) is 1.04. The number of hydrogen-bond acceptors (Lipinski definition) is 3. The van der Waals surface area contributed by atoms with Gasteiger partial charge < -0.3 is 15.2 Å². The fourth-order valence-corrected chi connectivity index (χ4v) is 3.24. The zero-order chi connectivity index (χ0) is 14.7. The molecule has 3 nitrogen and oxygen atoms in total. The van der Waals surface area contributed by atoms with Crippen molar-refractivity contribution in [2.75, 3.05) is 13.7 Å². The van der Waals surface area contributed by atoms with E-state index in [0.717, 1.165) is 25.1 Å². The van der Waals surface area contributed by atoms with E-state index in [1.54, 1.807) is 7.11 Å². The molecular weight excluding hydrogens is 262 g/mol. The summed E-state index contributed by atoms with van der Waals surface area (Å²) in [6, 6.07) is 12.6. The highest BCUT2D eigenvalue weighted by Gasteiger charge is 2.32. The van der Waals surface area contributed by atoms with E-state index in [1.807, 2.05) is 6.07 Å². The molecule has 0 unspecified atom stereocenters. The van der Waals surface area contributed by atoms with Crippen LogP contribution in [0.3, 0.4) is 0 Å². The second-order valence-electron chi connectivity index (χ2n) is 6.05. The fourth-order valence-electron chi connectivity index (χ4n) is 3.24. The third-order valence-corrected chi connectivity index (χ3v) is 4.64. The van der Waals surface area contributed by atoms with Crippen LogP contribution in [0.2, 0.25) is 0 Å². The Morgan fingerprint density at radius 2 is 1.81 bits per heavy atom. The average molecular weight is 285 g/mol. The number of aliphatic hydroxyl groups excluding tert-OH is 1. The van der Waals surface area contributed by atoms with Crippen molar-refractivity contribution in [1.82, 2.24) is 5.32 Å². The molecule has 1 aliphatic rings. The van der Waals surface area contributed by atoms with Crippen molar-refractivity contribution in [2.45, 2.75) is 37.8 Å². The predicted molar refractivity (Wildman–Crippen MR) is 85.6 cm³/mol. The molecule has 3 rings (SSSR count). The Bertz CT molecular complexity index is 618. The largest absolute Gasteiger partial charge is 0.497 e. The summed E-state index contributed by atoms with van der Waals surface area (Å²) in [4.78, 5) is 0. The third-order valence-electron chi connectivity index (χ3n) is 4.64. The minimum Gasteiger partial charge on any atom is -0.497 e. The topological polar surface area (TPSA) is 41.5 Å². The normalized spacial score (nSPS) is 17.2. The van der Waals surface area contributed by atoms with Gasteiger partial charge in [0.1, 0.15) is 5.75 Å².